The standard InChI is InChI=1S/C13H21NS/c1-11-4-6-12(7-5-11)15-9-8-13(2,3)10-14/h4-7H,8-10,14H2,1-3H3. The average Bonchev–Trinajstić information content (AvgIpc) is 2.21. The molecule has 84 valence electrons. The van der Waals surface area contributed by atoms with Gasteiger partial charge in [0.25, 0.3) is 0 Å². The highest BCUT2D eigenvalue weighted by Crippen LogP contribution is 2.25. The Hall–Kier alpha value is -0.470. The molecule has 0 amide bonds. The molecule has 0 aromatic heterocycles. The van der Waals surface area contributed by atoms with E-state index in [1.165, 1.54) is 16.9 Å². The molecule has 2 heteroatoms. The Morgan fingerprint density at radius 2 is 1.80 bits per heavy atom. The molecule has 0 saturated heterocycles. The van der Waals surface area contributed by atoms with Gasteiger partial charge in [-0.2, -0.15) is 0 Å². The highest BCUT2D eigenvalue weighted by molar-refractivity contribution is 7.99. The molecule has 0 aliphatic rings. The summed E-state index contributed by atoms with van der Waals surface area (Å²) in [5, 5.41) is 0. The maximum Gasteiger partial charge on any atom is 0.00721 e. The van der Waals surface area contributed by atoms with Gasteiger partial charge in [-0.3, -0.25) is 0 Å². The molecule has 0 radical (unpaired) electrons. The SMILES string of the molecule is Cc1ccc(SCCC(C)(C)CN)cc1. The van der Waals surface area contributed by atoms with E-state index in [0.29, 0.717) is 0 Å². The molecule has 1 rings (SSSR count). The van der Waals surface area contributed by atoms with Gasteiger partial charge in [-0.05, 0) is 43.2 Å². The van der Waals surface area contributed by atoms with Crippen LogP contribution in [0.25, 0.3) is 0 Å². The highest BCUT2D eigenvalue weighted by atomic mass is 32.2. The summed E-state index contributed by atoms with van der Waals surface area (Å²) in [6.07, 6.45) is 1.17. The minimum Gasteiger partial charge on any atom is -0.330 e. The molecule has 0 bridgehead atoms. The minimum atomic E-state index is 0.275. The first kappa shape index (κ1) is 12.6. The van der Waals surface area contributed by atoms with E-state index in [2.05, 4.69) is 45.0 Å². The number of hydrogen-bond acceptors (Lipinski definition) is 2. The van der Waals surface area contributed by atoms with E-state index in [9.17, 15) is 0 Å². The molecule has 0 unspecified atom stereocenters. The highest BCUT2D eigenvalue weighted by Gasteiger charge is 2.14. The van der Waals surface area contributed by atoms with Crippen LogP contribution in [0, 0.1) is 12.3 Å². The Kier molecular flexibility index (Phi) is 4.68. The number of benzene rings is 1. The summed E-state index contributed by atoms with van der Waals surface area (Å²) in [5.74, 6) is 1.15. The third kappa shape index (κ3) is 4.72. The Morgan fingerprint density at radius 1 is 1.20 bits per heavy atom. The second-order valence-corrected chi connectivity index (χ2v) is 5.95. The van der Waals surface area contributed by atoms with Crippen molar-refractivity contribution < 1.29 is 0 Å². The molecule has 0 atom stereocenters. The molecular formula is C13H21NS. The molecule has 0 spiro atoms. The third-order valence-corrected chi connectivity index (χ3v) is 3.63. The fraction of sp³-hybridized carbons (Fsp3) is 0.538. The van der Waals surface area contributed by atoms with E-state index in [-0.39, 0.29) is 5.41 Å². The van der Waals surface area contributed by atoms with Crippen LogP contribution in [0.5, 0.6) is 0 Å². The maximum absolute atomic E-state index is 5.70. The smallest absolute Gasteiger partial charge is 0.00721 e. The number of nitrogens with two attached hydrogens (primary N) is 1. The van der Waals surface area contributed by atoms with Crippen molar-refractivity contribution in [2.75, 3.05) is 12.3 Å². The van der Waals surface area contributed by atoms with Crippen molar-refractivity contribution >= 4 is 11.8 Å². The van der Waals surface area contributed by atoms with Crippen LogP contribution in [0.15, 0.2) is 29.2 Å². The molecule has 1 nitrogen and oxygen atoms in total. The van der Waals surface area contributed by atoms with Crippen molar-refractivity contribution in [3.8, 4) is 0 Å². The zero-order chi connectivity index (χ0) is 11.3. The van der Waals surface area contributed by atoms with E-state index < -0.39 is 0 Å². The second kappa shape index (κ2) is 5.57. The van der Waals surface area contributed by atoms with Gasteiger partial charge in [0.05, 0.1) is 0 Å². The van der Waals surface area contributed by atoms with Crippen LogP contribution >= 0.6 is 11.8 Å². The number of aryl methyl sites for hydroxylation is 1. The Morgan fingerprint density at radius 3 is 2.33 bits per heavy atom. The zero-order valence-electron chi connectivity index (χ0n) is 9.92. The first-order chi connectivity index (χ1) is 7.03. The van der Waals surface area contributed by atoms with Crippen LogP contribution in [0.3, 0.4) is 0 Å². The van der Waals surface area contributed by atoms with Gasteiger partial charge in [0.1, 0.15) is 0 Å². The molecule has 0 saturated carbocycles. The van der Waals surface area contributed by atoms with Gasteiger partial charge in [-0.15, -0.1) is 11.8 Å². The van der Waals surface area contributed by atoms with E-state index >= 15 is 0 Å². The van der Waals surface area contributed by atoms with Crippen LogP contribution in [-0.4, -0.2) is 12.3 Å². The summed E-state index contributed by atoms with van der Waals surface area (Å²) >= 11 is 1.92. The van der Waals surface area contributed by atoms with Crippen molar-refractivity contribution in [1.82, 2.24) is 0 Å². The summed E-state index contributed by atoms with van der Waals surface area (Å²) in [7, 11) is 0. The minimum absolute atomic E-state index is 0.275. The largest absolute Gasteiger partial charge is 0.330 e. The van der Waals surface area contributed by atoms with Crippen LogP contribution in [0.2, 0.25) is 0 Å². The second-order valence-electron chi connectivity index (χ2n) is 4.78. The maximum atomic E-state index is 5.70. The van der Waals surface area contributed by atoms with Gasteiger partial charge in [0.2, 0.25) is 0 Å². The summed E-state index contributed by atoms with van der Waals surface area (Å²) in [4.78, 5) is 1.36. The van der Waals surface area contributed by atoms with Crippen LogP contribution in [0.1, 0.15) is 25.8 Å². The van der Waals surface area contributed by atoms with E-state index in [1.54, 1.807) is 0 Å². The molecule has 2 N–H and O–H groups in total. The van der Waals surface area contributed by atoms with Gasteiger partial charge in [-0.25, -0.2) is 0 Å². The third-order valence-electron chi connectivity index (χ3n) is 2.62. The van der Waals surface area contributed by atoms with E-state index in [0.717, 1.165) is 12.3 Å². The molecule has 0 aliphatic heterocycles. The van der Waals surface area contributed by atoms with E-state index in [4.69, 9.17) is 5.73 Å². The fourth-order valence-corrected chi connectivity index (χ4v) is 2.40. The lowest BCUT2D eigenvalue weighted by Gasteiger charge is -2.21. The van der Waals surface area contributed by atoms with Crippen molar-refractivity contribution in [2.24, 2.45) is 11.1 Å². The van der Waals surface area contributed by atoms with Crippen molar-refractivity contribution in [3.05, 3.63) is 29.8 Å². The average molecular weight is 223 g/mol. The number of hydrogen-bond donors (Lipinski definition) is 1. The lowest BCUT2D eigenvalue weighted by Crippen LogP contribution is -2.23. The van der Waals surface area contributed by atoms with Gasteiger partial charge < -0.3 is 5.73 Å². The molecule has 1 aromatic carbocycles. The first-order valence-electron chi connectivity index (χ1n) is 5.43. The lowest BCUT2D eigenvalue weighted by atomic mass is 9.91. The number of rotatable bonds is 5. The summed E-state index contributed by atoms with van der Waals surface area (Å²) in [6.45, 7) is 7.33. The lowest BCUT2D eigenvalue weighted by molar-refractivity contribution is 0.368. The molecule has 0 heterocycles. The van der Waals surface area contributed by atoms with Crippen LogP contribution in [-0.2, 0) is 0 Å². The summed E-state index contributed by atoms with van der Waals surface area (Å²) in [5.41, 5.74) is 7.29. The van der Waals surface area contributed by atoms with Gasteiger partial charge in [-0.1, -0.05) is 31.5 Å². The monoisotopic (exact) mass is 223 g/mol. The Labute approximate surface area is 97.4 Å². The van der Waals surface area contributed by atoms with Gasteiger partial charge in [0.15, 0.2) is 0 Å². The first-order valence-corrected chi connectivity index (χ1v) is 6.42. The predicted molar refractivity (Wildman–Crippen MR) is 69.4 cm³/mol. The predicted octanol–water partition coefficient (Wildman–Crippen LogP) is 3.46. The fourth-order valence-electron chi connectivity index (χ4n) is 1.18. The Balaban J connectivity index is 2.35. The molecule has 0 aliphatic carbocycles. The van der Waals surface area contributed by atoms with Crippen LogP contribution in [0.4, 0.5) is 0 Å². The molecule has 15 heavy (non-hydrogen) atoms. The van der Waals surface area contributed by atoms with Crippen molar-refractivity contribution in [1.29, 1.82) is 0 Å². The summed E-state index contributed by atoms with van der Waals surface area (Å²) in [6, 6.07) is 8.71. The quantitative estimate of drug-likeness (QED) is 0.774. The number of thioether (sulfide) groups is 1. The van der Waals surface area contributed by atoms with Gasteiger partial charge >= 0.3 is 0 Å². The van der Waals surface area contributed by atoms with Crippen molar-refractivity contribution in [2.45, 2.75) is 32.1 Å². The molecule has 1 aromatic rings. The Bertz CT molecular complexity index is 290. The zero-order valence-corrected chi connectivity index (χ0v) is 10.7. The van der Waals surface area contributed by atoms with Gasteiger partial charge in [0, 0.05) is 4.90 Å². The topological polar surface area (TPSA) is 26.0 Å². The summed E-state index contributed by atoms with van der Waals surface area (Å²) < 4.78 is 0. The molecule has 0 fully saturated rings. The molecular weight excluding hydrogens is 202 g/mol. The van der Waals surface area contributed by atoms with E-state index in [1.807, 2.05) is 11.8 Å². The van der Waals surface area contributed by atoms with Crippen molar-refractivity contribution in [3.63, 3.8) is 0 Å². The normalized spacial score (nSPS) is 11.7. The van der Waals surface area contributed by atoms with Crippen LogP contribution < -0.4 is 5.73 Å².